The topological polar surface area (TPSA) is 60.2 Å². The minimum atomic E-state index is -4.52. The number of halogens is 2. The van der Waals surface area contributed by atoms with E-state index in [1.165, 1.54) is 18.2 Å². The largest absolute Gasteiger partial charge is 0.341 e. The summed E-state index contributed by atoms with van der Waals surface area (Å²) in [5, 5.41) is 0. The summed E-state index contributed by atoms with van der Waals surface area (Å²) in [5.41, 5.74) is 5.60. The molecule has 0 fully saturated rings. The predicted octanol–water partition coefficient (Wildman–Crippen LogP) is 1.18. The second-order valence-corrected chi connectivity index (χ2v) is 4.84. The van der Waals surface area contributed by atoms with Crippen LogP contribution in [0.2, 0.25) is 0 Å². The lowest BCUT2D eigenvalue weighted by atomic mass is 10.1. The molecule has 1 rings (SSSR count). The van der Waals surface area contributed by atoms with Crippen LogP contribution in [-0.2, 0) is 16.3 Å². The maximum atomic E-state index is 12.3. The molecular formula is C9H11F2NO2S. The maximum Gasteiger partial charge on any atom is 0.341 e. The van der Waals surface area contributed by atoms with Gasteiger partial charge in [-0.25, -0.2) is 8.42 Å². The van der Waals surface area contributed by atoms with Crippen LogP contribution in [0.3, 0.4) is 0 Å². The minimum Gasteiger partial charge on any atom is -0.330 e. The fourth-order valence-corrected chi connectivity index (χ4v) is 2.24. The van der Waals surface area contributed by atoms with E-state index < -0.39 is 15.6 Å². The Morgan fingerprint density at radius 3 is 2.40 bits per heavy atom. The highest BCUT2D eigenvalue weighted by Gasteiger charge is 2.28. The van der Waals surface area contributed by atoms with Crippen LogP contribution in [0.15, 0.2) is 29.2 Å². The molecular weight excluding hydrogens is 224 g/mol. The van der Waals surface area contributed by atoms with Gasteiger partial charge in [0.15, 0.2) is 0 Å². The summed E-state index contributed by atoms with van der Waals surface area (Å²) in [5.74, 6) is -3.39. The quantitative estimate of drug-likeness (QED) is 0.852. The molecule has 0 saturated heterocycles. The molecule has 0 aliphatic carbocycles. The third-order valence-electron chi connectivity index (χ3n) is 1.93. The van der Waals surface area contributed by atoms with Crippen LogP contribution in [-0.4, -0.2) is 20.7 Å². The molecule has 0 radical (unpaired) electrons. The number of rotatable bonds is 4. The van der Waals surface area contributed by atoms with Crippen LogP contribution >= 0.6 is 0 Å². The Balaban J connectivity index is 3.25. The lowest BCUT2D eigenvalue weighted by Crippen LogP contribution is -2.15. The van der Waals surface area contributed by atoms with E-state index in [0.29, 0.717) is 5.56 Å². The number of benzene rings is 1. The highest BCUT2D eigenvalue weighted by atomic mass is 32.2. The van der Waals surface area contributed by atoms with Crippen molar-refractivity contribution >= 4 is 9.84 Å². The van der Waals surface area contributed by atoms with Gasteiger partial charge in [-0.3, -0.25) is 0 Å². The van der Waals surface area contributed by atoms with Crippen LogP contribution < -0.4 is 5.73 Å². The normalized spacial score (nSPS) is 12.0. The zero-order valence-corrected chi connectivity index (χ0v) is 8.68. The molecule has 0 amide bonds. The van der Waals surface area contributed by atoms with E-state index in [1.54, 1.807) is 6.07 Å². The summed E-state index contributed by atoms with van der Waals surface area (Å²) in [6, 6.07) is 5.67. The van der Waals surface area contributed by atoms with Crippen molar-refractivity contribution in [2.45, 2.75) is 17.1 Å². The number of hydrogen-bond donors (Lipinski definition) is 1. The molecule has 3 nitrogen and oxygen atoms in total. The van der Waals surface area contributed by atoms with E-state index in [4.69, 9.17) is 5.73 Å². The number of nitrogens with two attached hydrogens (primary N) is 1. The Hall–Kier alpha value is -1.01. The van der Waals surface area contributed by atoms with Crippen LogP contribution in [0.5, 0.6) is 0 Å². The van der Waals surface area contributed by atoms with Crippen molar-refractivity contribution in [1.29, 1.82) is 0 Å². The van der Waals surface area contributed by atoms with Crippen LogP contribution in [0.1, 0.15) is 5.56 Å². The third-order valence-corrected chi connectivity index (χ3v) is 3.41. The van der Waals surface area contributed by atoms with Crippen molar-refractivity contribution in [2.24, 2.45) is 5.73 Å². The number of hydrogen-bond acceptors (Lipinski definition) is 3. The molecule has 15 heavy (non-hydrogen) atoms. The lowest BCUT2D eigenvalue weighted by Gasteiger charge is -2.08. The smallest absolute Gasteiger partial charge is 0.330 e. The fraction of sp³-hybridized carbons (Fsp3) is 0.333. The molecule has 1 aromatic rings. The molecule has 0 heterocycles. The summed E-state index contributed by atoms with van der Waals surface area (Å²) in [6.07, 6.45) is 0.266. The molecule has 0 aromatic heterocycles. The van der Waals surface area contributed by atoms with E-state index in [1.807, 2.05) is 0 Å². The molecule has 0 aliphatic rings. The first kappa shape index (κ1) is 12.1. The van der Waals surface area contributed by atoms with Gasteiger partial charge in [0, 0.05) is 0 Å². The van der Waals surface area contributed by atoms with Gasteiger partial charge in [0.05, 0.1) is 4.90 Å². The second kappa shape index (κ2) is 4.67. The van der Waals surface area contributed by atoms with Gasteiger partial charge in [0.2, 0.25) is 9.84 Å². The van der Waals surface area contributed by atoms with Gasteiger partial charge in [-0.05, 0) is 24.6 Å². The molecule has 0 atom stereocenters. The monoisotopic (exact) mass is 235 g/mol. The Labute approximate surface area is 86.8 Å². The van der Waals surface area contributed by atoms with Crippen molar-refractivity contribution in [3.05, 3.63) is 29.8 Å². The van der Waals surface area contributed by atoms with E-state index in [0.717, 1.165) is 0 Å². The van der Waals surface area contributed by atoms with Crippen molar-refractivity contribution in [3.8, 4) is 0 Å². The number of sulfone groups is 1. The average molecular weight is 235 g/mol. The summed E-state index contributed by atoms with van der Waals surface area (Å²) in [4.78, 5) is -0.328. The molecule has 0 aliphatic heterocycles. The molecule has 2 N–H and O–H groups in total. The molecule has 84 valence electrons. The highest BCUT2D eigenvalue weighted by molar-refractivity contribution is 7.91. The van der Waals surface area contributed by atoms with Gasteiger partial charge in [-0.1, -0.05) is 18.2 Å². The van der Waals surface area contributed by atoms with Gasteiger partial charge < -0.3 is 5.73 Å². The van der Waals surface area contributed by atoms with E-state index in [2.05, 4.69) is 0 Å². The number of alkyl halides is 2. The SMILES string of the molecule is NCCc1ccccc1S(=O)(=O)C(F)F. The minimum absolute atomic E-state index is 0.218. The Bertz CT molecular complexity index is 431. The summed E-state index contributed by atoms with van der Waals surface area (Å²) < 4.78 is 47.1. The van der Waals surface area contributed by atoms with Crippen molar-refractivity contribution in [1.82, 2.24) is 0 Å². The van der Waals surface area contributed by atoms with Crippen molar-refractivity contribution in [3.63, 3.8) is 0 Å². The van der Waals surface area contributed by atoms with Gasteiger partial charge in [-0.15, -0.1) is 0 Å². The molecule has 1 aromatic carbocycles. The Morgan fingerprint density at radius 1 is 1.27 bits per heavy atom. The van der Waals surface area contributed by atoms with Gasteiger partial charge in [0.1, 0.15) is 0 Å². The summed E-state index contributed by atoms with van der Waals surface area (Å²) >= 11 is 0. The van der Waals surface area contributed by atoms with Crippen LogP contribution in [0.4, 0.5) is 8.78 Å². The maximum absolute atomic E-state index is 12.3. The predicted molar refractivity (Wildman–Crippen MR) is 52.4 cm³/mol. The molecule has 0 bridgehead atoms. The average Bonchev–Trinajstić information content (AvgIpc) is 2.18. The third kappa shape index (κ3) is 2.51. The Kier molecular flexibility index (Phi) is 3.76. The van der Waals surface area contributed by atoms with E-state index in [-0.39, 0.29) is 17.9 Å². The van der Waals surface area contributed by atoms with E-state index >= 15 is 0 Å². The molecule has 6 heteroatoms. The molecule has 0 unspecified atom stereocenters. The van der Waals surface area contributed by atoms with Crippen LogP contribution in [0, 0.1) is 0 Å². The zero-order valence-electron chi connectivity index (χ0n) is 7.86. The van der Waals surface area contributed by atoms with Crippen molar-refractivity contribution in [2.75, 3.05) is 6.54 Å². The highest BCUT2D eigenvalue weighted by Crippen LogP contribution is 2.22. The van der Waals surface area contributed by atoms with Crippen molar-refractivity contribution < 1.29 is 17.2 Å². The summed E-state index contributed by atoms with van der Waals surface area (Å²) in [6.45, 7) is 0.218. The summed E-state index contributed by atoms with van der Waals surface area (Å²) in [7, 11) is -4.52. The lowest BCUT2D eigenvalue weighted by molar-refractivity contribution is 0.234. The first-order valence-corrected chi connectivity index (χ1v) is 5.85. The first-order valence-electron chi connectivity index (χ1n) is 4.30. The zero-order chi connectivity index (χ0) is 11.5. The second-order valence-electron chi connectivity index (χ2n) is 2.95. The van der Waals surface area contributed by atoms with Gasteiger partial charge >= 0.3 is 5.76 Å². The molecule has 0 saturated carbocycles. The Morgan fingerprint density at radius 2 is 1.87 bits per heavy atom. The molecule has 0 spiro atoms. The van der Waals surface area contributed by atoms with Gasteiger partial charge in [0.25, 0.3) is 0 Å². The fourth-order valence-electron chi connectivity index (χ4n) is 1.24. The van der Waals surface area contributed by atoms with E-state index in [9.17, 15) is 17.2 Å². The standard InChI is InChI=1S/C9H11F2NO2S/c10-9(11)15(13,14)8-4-2-1-3-7(8)5-6-12/h1-4,9H,5-6,12H2. The first-order chi connectivity index (χ1) is 7.00. The van der Waals surface area contributed by atoms with Gasteiger partial charge in [-0.2, -0.15) is 8.78 Å². The van der Waals surface area contributed by atoms with Crippen LogP contribution in [0.25, 0.3) is 0 Å².